The second-order valence-corrected chi connectivity index (χ2v) is 6.78. The van der Waals surface area contributed by atoms with Gasteiger partial charge in [0.05, 0.1) is 10.8 Å². The number of nitro benzene ring substituents is 1. The maximum absolute atomic E-state index is 12.4. The average molecular weight is 351 g/mol. The Kier molecular flexibility index (Phi) is 4.00. The number of carbonyl (C=O) groups is 1. The molecule has 1 N–H and O–H groups in total. The highest BCUT2D eigenvalue weighted by Gasteiger charge is 2.67. The third-order valence-electron chi connectivity index (χ3n) is 3.82. The van der Waals surface area contributed by atoms with Gasteiger partial charge >= 0.3 is 0 Å². The number of benzene rings is 2. The minimum atomic E-state index is -1.17. The van der Waals surface area contributed by atoms with Gasteiger partial charge in [0.15, 0.2) is 0 Å². The van der Waals surface area contributed by atoms with Crippen molar-refractivity contribution < 1.29 is 9.72 Å². The van der Waals surface area contributed by atoms with Crippen molar-refractivity contribution in [2.75, 3.05) is 5.32 Å². The first-order valence-corrected chi connectivity index (χ1v) is 7.65. The lowest BCUT2D eigenvalue weighted by atomic mass is 10.1. The van der Waals surface area contributed by atoms with Gasteiger partial charge in [-0.2, -0.15) is 0 Å². The lowest BCUT2D eigenvalue weighted by Gasteiger charge is -2.04. The van der Waals surface area contributed by atoms with E-state index in [9.17, 15) is 14.9 Å². The van der Waals surface area contributed by atoms with Crippen molar-refractivity contribution >= 4 is 40.5 Å². The van der Waals surface area contributed by atoms with Crippen LogP contribution in [0.1, 0.15) is 11.5 Å². The Morgan fingerprint density at radius 2 is 1.83 bits per heavy atom. The number of nitrogens with zero attached hydrogens (tertiary/aromatic N) is 1. The monoisotopic (exact) mass is 350 g/mol. The smallest absolute Gasteiger partial charge is 0.271 e. The fraction of sp³-hybridized carbons (Fsp3) is 0.188. The van der Waals surface area contributed by atoms with Crippen LogP contribution in [0, 0.1) is 16.0 Å². The molecule has 118 valence electrons. The molecule has 5 nitrogen and oxygen atoms in total. The van der Waals surface area contributed by atoms with Crippen molar-refractivity contribution in [3.63, 3.8) is 0 Å². The maximum atomic E-state index is 12.4. The fourth-order valence-corrected chi connectivity index (χ4v) is 3.47. The molecule has 0 saturated heterocycles. The van der Waals surface area contributed by atoms with Crippen molar-refractivity contribution in [2.24, 2.45) is 5.92 Å². The summed E-state index contributed by atoms with van der Waals surface area (Å²) in [6.07, 6.45) is 0. The highest BCUT2D eigenvalue weighted by Crippen LogP contribution is 2.65. The first kappa shape index (κ1) is 15.8. The van der Waals surface area contributed by atoms with Gasteiger partial charge in [-0.3, -0.25) is 14.9 Å². The average Bonchev–Trinajstić information content (AvgIpc) is 3.11. The van der Waals surface area contributed by atoms with E-state index in [1.165, 1.54) is 18.2 Å². The highest BCUT2D eigenvalue weighted by molar-refractivity contribution is 6.53. The molecule has 0 heterocycles. The standard InChI is InChI=1S/C16H12Cl2N2O3/c17-16(18)13(10-5-2-1-3-6-10)14(16)15(21)19-11-7-4-8-12(9-11)20(22)23/h1-9,13-14H,(H,19,21)/t13-,14+/m1/s1. The van der Waals surface area contributed by atoms with Crippen LogP contribution in [0.3, 0.4) is 0 Å². The molecule has 1 fully saturated rings. The van der Waals surface area contributed by atoms with Crippen LogP contribution in [0.4, 0.5) is 11.4 Å². The van der Waals surface area contributed by atoms with Gasteiger partial charge in [0.2, 0.25) is 5.91 Å². The second kappa shape index (κ2) is 5.83. The van der Waals surface area contributed by atoms with E-state index >= 15 is 0 Å². The third kappa shape index (κ3) is 3.02. The molecule has 1 saturated carbocycles. The van der Waals surface area contributed by atoms with Crippen LogP contribution in [-0.4, -0.2) is 15.2 Å². The van der Waals surface area contributed by atoms with Crippen molar-refractivity contribution in [1.29, 1.82) is 0 Å². The van der Waals surface area contributed by atoms with E-state index in [0.29, 0.717) is 5.69 Å². The van der Waals surface area contributed by atoms with Gasteiger partial charge < -0.3 is 5.32 Å². The molecular weight excluding hydrogens is 339 g/mol. The minimum Gasteiger partial charge on any atom is -0.325 e. The summed E-state index contributed by atoms with van der Waals surface area (Å²) in [6.45, 7) is 0. The number of rotatable bonds is 4. The number of carbonyl (C=O) groups excluding carboxylic acids is 1. The van der Waals surface area contributed by atoms with Crippen molar-refractivity contribution in [2.45, 2.75) is 10.3 Å². The molecule has 0 radical (unpaired) electrons. The summed E-state index contributed by atoms with van der Waals surface area (Å²) in [4.78, 5) is 22.7. The first-order chi connectivity index (χ1) is 10.9. The van der Waals surface area contributed by atoms with Gasteiger partial charge in [0.25, 0.3) is 5.69 Å². The van der Waals surface area contributed by atoms with E-state index in [1.54, 1.807) is 6.07 Å². The Bertz CT molecular complexity index is 765. The third-order valence-corrected chi connectivity index (χ3v) is 4.76. The molecule has 0 bridgehead atoms. The zero-order valence-corrected chi connectivity index (χ0v) is 13.3. The number of halogens is 2. The summed E-state index contributed by atoms with van der Waals surface area (Å²) < 4.78 is -1.17. The lowest BCUT2D eigenvalue weighted by molar-refractivity contribution is -0.384. The van der Waals surface area contributed by atoms with Gasteiger partial charge in [-0.05, 0) is 11.6 Å². The van der Waals surface area contributed by atoms with Crippen molar-refractivity contribution in [1.82, 2.24) is 0 Å². The van der Waals surface area contributed by atoms with E-state index < -0.39 is 15.2 Å². The van der Waals surface area contributed by atoms with Crippen LogP contribution >= 0.6 is 23.2 Å². The van der Waals surface area contributed by atoms with Crippen molar-refractivity contribution in [3.8, 4) is 0 Å². The molecular formula is C16H12Cl2N2O3. The zero-order chi connectivity index (χ0) is 16.6. The van der Waals surface area contributed by atoms with E-state index in [-0.39, 0.29) is 17.5 Å². The topological polar surface area (TPSA) is 72.2 Å². The number of nitrogens with one attached hydrogen (secondary N) is 1. The van der Waals surface area contributed by atoms with Gasteiger partial charge in [-0.25, -0.2) is 0 Å². The summed E-state index contributed by atoms with van der Waals surface area (Å²) in [5, 5.41) is 13.4. The van der Waals surface area contributed by atoms with Gasteiger partial charge in [-0.1, -0.05) is 36.4 Å². The largest absolute Gasteiger partial charge is 0.325 e. The van der Waals surface area contributed by atoms with Gasteiger partial charge in [-0.15, -0.1) is 23.2 Å². The van der Waals surface area contributed by atoms with Crippen LogP contribution < -0.4 is 5.32 Å². The molecule has 1 amide bonds. The van der Waals surface area contributed by atoms with Crippen LogP contribution in [0.25, 0.3) is 0 Å². The molecule has 1 aliphatic rings. The number of anilines is 1. The Morgan fingerprint density at radius 1 is 1.13 bits per heavy atom. The fourth-order valence-electron chi connectivity index (χ4n) is 2.65. The van der Waals surface area contributed by atoms with Crippen LogP contribution in [-0.2, 0) is 4.79 Å². The summed E-state index contributed by atoms with van der Waals surface area (Å²) in [7, 11) is 0. The highest BCUT2D eigenvalue weighted by atomic mass is 35.5. The minimum absolute atomic E-state index is 0.0961. The van der Waals surface area contributed by atoms with Gasteiger partial charge in [0, 0.05) is 23.7 Å². The Labute approximate surface area is 142 Å². The molecule has 2 aromatic carbocycles. The van der Waals surface area contributed by atoms with E-state index in [1.807, 2.05) is 30.3 Å². The van der Waals surface area contributed by atoms with E-state index in [2.05, 4.69) is 5.32 Å². The maximum Gasteiger partial charge on any atom is 0.271 e. The normalized spacial score (nSPS) is 21.5. The summed E-state index contributed by atoms with van der Waals surface area (Å²) in [5.74, 6) is -1.26. The number of nitro groups is 1. The Balaban J connectivity index is 1.77. The number of amides is 1. The zero-order valence-electron chi connectivity index (χ0n) is 11.8. The molecule has 0 spiro atoms. The van der Waals surface area contributed by atoms with Crippen LogP contribution in [0.15, 0.2) is 54.6 Å². The van der Waals surface area contributed by atoms with E-state index in [0.717, 1.165) is 5.56 Å². The number of non-ortho nitro benzene ring substituents is 1. The van der Waals surface area contributed by atoms with E-state index in [4.69, 9.17) is 23.2 Å². The molecule has 0 aromatic heterocycles. The molecule has 23 heavy (non-hydrogen) atoms. The van der Waals surface area contributed by atoms with Crippen LogP contribution in [0.5, 0.6) is 0 Å². The quantitative estimate of drug-likeness (QED) is 0.512. The molecule has 1 aliphatic carbocycles. The molecule has 0 aliphatic heterocycles. The Morgan fingerprint density at radius 3 is 2.48 bits per heavy atom. The van der Waals surface area contributed by atoms with Gasteiger partial charge in [0.1, 0.15) is 4.33 Å². The second-order valence-electron chi connectivity index (χ2n) is 5.34. The summed E-state index contributed by atoms with van der Waals surface area (Å²) in [5.41, 5.74) is 1.13. The molecule has 7 heteroatoms. The molecule has 2 aromatic rings. The summed E-state index contributed by atoms with van der Waals surface area (Å²) in [6, 6.07) is 15.0. The molecule has 2 atom stereocenters. The van der Waals surface area contributed by atoms with Crippen LogP contribution in [0.2, 0.25) is 0 Å². The molecule has 0 unspecified atom stereocenters. The number of alkyl halides is 2. The van der Waals surface area contributed by atoms with Crippen molar-refractivity contribution in [3.05, 3.63) is 70.3 Å². The number of hydrogen-bond donors (Lipinski definition) is 1. The first-order valence-electron chi connectivity index (χ1n) is 6.89. The SMILES string of the molecule is O=C(Nc1cccc([N+](=O)[O-])c1)[C@@H]1[C@@H](c2ccccc2)C1(Cl)Cl. The summed E-state index contributed by atoms with van der Waals surface area (Å²) >= 11 is 12.5. The lowest BCUT2D eigenvalue weighted by Crippen LogP contribution is -2.17. The Hall–Kier alpha value is -2.11. The number of hydrogen-bond acceptors (Lipinski definition) is 3. The molecule has 3 rings (SSSR count). The predicted molar refractivity (Wildman–Crippen MR) is 88.8 cm³/mol. The predicted octanol–water partition coefficient (Wildman–Crippen LogP) is 4.12.